The average molecular weight is 197 g/mol. The van der Waals surface area contributed by atoms with Gasteiger partial charge >= 0.3 is 0 Å². The first-order chi connectivity index (χ1) is 6.42. The summed E-state index contributed by atoms with van der Waals surface area (Å²) in [5.74, 6) is 0.458. The van der Waals surface area contributed by atoms with Gasteiger partial charge in [0.05, 0.1) is 18.0 Å². The first-order valence-electron chi connectivity index (χ1n) is 4.43. The highest BCUT2D eigenvalue weighted by Crippen LogP contribution is 2.14. The number of aliphatic hydroxyl groups excluding tert-OH is 1. The SMILES string of the molecule is CC(O)C(C)(C)Nc1cc(=O)[nH]cn1. The minimum Gasteiger partial charge on any atom is -0.391 e. The second-order valence-corrected chi connectivity index (χ2v) is 3.82. The van der Waals surface area contributed by atoms with E-state index >= 15 is 0 Å². The number of anilines is 1. The molecule has 1 atom stereocenters. The fraction of sp³-hybridized carbons (Fsp3) is 0.556. The highest BCUT2D eigenvalue weighted by Gasteiger charge is 2.23. The Bertz CT molecular complexity index is 357. The van der Waals surface area contributed by atoms with Crippen molar-refractivity contribution >= 4 is 5.82 Å². The summed E-state index contributed by atoms with van der Waals surface area (Å²) in [5, 5.41) is 12.4. The Morgan fingerprint density at radius 3 is 2.79 bits per heavy atom. The summed E-state index contributed by atoms with van der Waals surface area (Å²) in [6.45, 7) is 5.35. The Labute approximate surface area is 82.2 Å². The molecular weight excluding hydrogens is 182 g/mol. The van der Waals surface area contributed by atoms with Gasteiger partial charge in [0, 0.05) is 6.07 Å². The molecule has 0 saturated heterocycles. The largest absolute Gasteiger partial charge is 0.391 e. The van der Waals surface area contributed by atoms with Crippen LogP contribution in [0.25, 0.3) is 0 Å². The number of rotatable bonds is 3. The molecular formula is C9H15N3O2. The number of aliphatic hydroxyl groups is 1. The zero-order valence-electron chi connectivity index (χ0n) is 8.53. The predicted octanol–water partition coefficient (Wildman–Crippen LogP) is 0.341. The van der Waals surface area contributed by atoms with Crippen molar-refractivity contribution in [3.8, 4) is 0 Å². The van der Waals surface area contributed by atoms with E-state index in [1.54, 1.807) is 6.92 Å². The summed E-state index contributed by atoms with van der Waals surface area (Å²) in [6.07, 6.45) is 0.784. The number of H-pyrrole nitrogens is 1. The van der Waals surface area contributed by atoms with Crippen molar-refractivity contribution in [2.75, 3.05) is 5.32 Å². The molecule has 5 heteroatoms. The standard InChI is InChI=1S/C9H15N3O2/c1-6(13)9(2,3)12-7-4-8(14)11-5-10-7/h4-6,13H,1-3H3,(H2,10,11,12,14). The Kier molecular flexibility index (Phi) is 2.90. The number of hydrogen-bond donors (Lipinski definition) is 3. The van der Waals surface area contributed by atoms with Crippen molar-refractivity contribution in [2.45, 2.75) is 32.4 Å². The molecule has 0 aliphatic heterocycles. The van der Waals surface area contributed by atoms with E-state index in [4.69, 9.17) is 0 Å². The Balaban J connectivity index is 2.84. The van der Waals surface area contributed by atoms with E-state index in [9.17, 15) is 9.90 Å². The molecule has 1 aromatic heterocycles. The van der Waals surface area contributed by atoms with Gasteiger partial charge in [0.2, 0.25) is 0 Å². The summed E-state index contributed by atoms with van der Waals surface area (Å²) >= 11 is 0. The summed E-state index contributed by atoms with van der Waals surface area (Å²) in [4.78, 5) is 17.3. The lowest BCUT2D eigenvalue weighted by Gasteiger charge is -2.29. The average Bonchev–Trinajstić information content (AvgIpc) is 2.02. The highest BCUT2D eigenvalue weighted by atomic mass is 16.3. The Hall–Kier alpha value is -1.36. The van der Waals surface area contributed by atoms with Crippen LogP contribution in [0.1, 0.15) is 20.8 Å². The van der Waals surface area contributed by atoms with E-state index in [0.717, 1.165) is 0 Å². The molecule has 5 nitrogen and oxygen atoms in total. The van der Waals surface area contributed by atoms with Gasteiger partial charge in [-0.15, -0.1) is 0 Å². The third-order valence-corrected chi connectivity index (χ3v) is 2.17. The predicted molar refractivity (Wildman–Crippen MR) is 54.2 cm³/mol. The van der Waals surface area contributed by atoms with Gasteiger partial charge in [-0.2, -0.15) is 0 Å². The number of nitrogens with one attached hydrogen (secondary N) is 2. The second-order valence-electron chi connectivity index (χ2n) is 3.82. The van der Waals surface area contributed by atoms with Crippen molar-refractivity contribution in [3.05, 3.63) is 22.7 Å². The van der Waals surface area contributed by atoms with Gasteiger partial charge in [-0.1, -0.05) is 0 Å². The van der Waals surface area contributed by atoms with Crippen molar-refractivity contribution in [1.82, 2.24) is 9.97 Å². The van der Waals surface area contributed by atoms with Crippen LogP contribution >= 0.6 is 0 Å². The smallest absolute Gasteiger partial charge is 0.252 e. The molecule has 0 aliphatic rings. The van der Waals surface area contributed by atoms with E-state index in [0.29, 0.717) is 5.82 Å². The molecule has 0 bridgehead atoms. The molecule has 1 heterocycles. The lowest BCUT2D eigenvalue weighted by atomic mass is 9.99. The zero-order chi connectivity index (χ0) is 10.8. The number of hydrogen-bond acceptors (Lipinski definition) is 4. The third kappa shape index (κ3) is 2.56. The molecule has 1 unspecified atom stereocenters. The van der Waals surface area contributed by atoms with Crippen molar-refractivity contribution in [1.29, 1.82) is 0 Å². The first kappa shape index (κ1) is 10.7. The van der Waals surface area contributed by atoms with Gasteiger partial charge in [-0.05, 0) is 20.8 Å². The molecule has 0 amide bonds. The lowest BCUT2D eigenvalue weighted by Crippen LogP contribution is -2.42. The van der Waals surface area contributed by atoms with Crippen molar-refractivity contribution in [2.24, 2.45) is 0 Å². The normalized spacial score (nSPS) is 13.7. The molecule has 0 fully saturated rings. The Morgan fingerprint density at radius 1 is 1.64 bits per heavy atom. The van der Waals surface area contributed by atoms with Crippen LogP contribution in [0.3, 0.4) is 0 Å². The molecule has 1 rings (SSSR count). The molecule has 1 aromatic rings. The number of aromatic nitrogens is 2. The van der Waals surface area contributed by atoms with E-state index in [2.05, 4.69) is 15.3 Å². The molecule has 0 saturated carbocycles. The number of aromatic amines is 1. The van der Waals surface area contributed by atoms with Gasteiger partial charge in [0.15, 0.2) is 0 Å². The van der Waals surface area contributed by atoms with Gasteiger partial charge in [0.25, 0.3) is 5.56 Å². The molecule has 14 heavy (non-hydrogen) atoms. The first-order valence-corrected chi connectivity index (χ1v) is 4.43. The molecule has 0 aliphatic carbocycles. The van der Waals surface area contributed by atoms with Crippen LogP contribution in [-0.2, 0) is 0 Å². The van der Waals surface area contributed by atoms with E-state index in [1.807, 2.05) is 13.8 Å². The molecule has 3 N–H and O–H groups in total. The van der Waals surface area contributed by atoms with Crippen LogP contribution in [0.2, 0.25) is 0 Å². The summed E-state index contributed by atoms with van der Waals surface area (Å²) in [5.41, 5.74) is -0.732. The minimum atomic E-state index is -0.538. The monoisotopic (exact) mass is 197 g/mol. The lowest BCUT2D eigenvalue weighted by molar-refractivity contribution is 0.133. The minimum absolute atomic E-state index is 0.219. The summed E-state index contributed by atoms with van der Waals surface area (Å²) < 4.78 is 0. The molecule has 0 spiro atoms. The van der Waals surface area contributed by atoms with Crippen LogP contribution < -0.4 is 10.9 Å². The van der Waals surface area contributed by atoms with Crippen molar-refractivity contribution in [3.63, 3.8) is 0 Å². The van der Waals surface area contributed by atoms with Gasteiger partial charge < -0.3 is 15.4 Å². The van der Waals surface area contributed by atoms with E-state index < -0.39 is 11.6 Å². The maximum absolute atomic E-state index is 10.9. The highest BCUT2D eigenvalue weighted by molar-refractivity contribution is 5.35. The Morgan fingerprint density at radius 2 is 2.29 bits per heavy atom. The van der Waals surface area contributed by atoms with Crippen LogP contribution in [0, 0.1) is 0 Å². The fourth-order valence-corrected chi connectivity index (χ4v) is 0.871. The maximum Gasteiger partial charge on any atom is 0.252 e. The van der Waals surface area contributed by atoms with Crippen LogP contribution in [0.4, 0.5) is 5.82 Å². The van der Waals surface area contributed by atoms with E-state index in [-0.39, 0.29) is 5.56 Å². The molecule has 78 valence electrons. The molecule has 0 radical (unpaired) electrons. The fourth-order valence-electron chi connectivity index (χ4n) is 0.871. The number of nitrogens with zero attached hydrogens (tertiary/aromatic N) is 1. The van der Waals surface area contributed by atoms with Crippen LogP contribution in [0.5, 0.6) is 0 Å². The maximum atomic E-state index is 10.9. The van der Waals surface area contributed by atoms with Gasteiger partial charge in [-0.3, -0.25) is 4.79 Å². The zero-order valence-corrected chi connectivity index (χ0v) is 8.53. The van der Waals surface area contributed by atoms with Gasteiger partial charge in [-0.25, -0.2) is 4.98 Å². The molecule has 0 aromatic carbocycles. The van der Waals surface area contributed by atoms with Crippen LogP contribution in [0.15, 0.2) is 17.2 Å². The van der Waals surface area contributed by atoms with Gasteiger partial charge in [0.1, 0.15) is 5.82 Å². The second kappa shape index (κ2) is 3.79. The summed E-state index contributed by atoms with van der Waals surface area (Å²) in [7, 11) is 0. The topological polar surface area (TPSA) is 78.0 Å². The van der Waals surface area contributed by atoms with Crippen molar-refractivity contribution < 1.29 is 5.11 Å². The summed E-state index contributed by atoms with van der Waals surface area (Å²) in [6, 6.07) is 1.35. The quantitative estimate of drug-likeness (QED) is 0.653. The third-order valence-electron chi connectivity index (χ3n) is 2.17. The van der Waals surface area contributed by atoms with Crippen LogP contribution in [-0.4, -0.2) is 26.7 Å². The van der Waals surface area contributed by atoms with E-state index in [1.165, 1.54) is 12.4 Å².